The maximum absolute atomic E-state index is 12.3. The molecule has 7 nitrogen and oxygen atoms in total. The summed E-state index contributed by atoms with van der Waals surface area (Å²) in [5.41, 5.74) is 1.04. The molecule has 0 fully saturated rings. The summed E-state index contributed by atoms with van der Waals surface area (Å²) in [7, 11) is 4.25. The van der Waals surface area contributed by atoms with Crippen LogP contribution in [0, 0.1) is 0 Å². The van der Waals surface area contributed by atoms with Crippen LogP contribution in [0.2, 0.25) is 5.02 Å². The van der Waals surface area contributed by atoms with Gasteiger partial charge in [0.15, 0.2) is 11.5 Å². The van der Waals surface area contributed by atoms with Crippen molar-refractivity contribution in [3.05, 3.63) is 46.3 Å². The Balaban J connectivity index is 2.17. The van der Waals surface area contributed by atoms with E-state index in [9.17, 15) is 9.59 Å². The summed E-state index contributed by atoms with van der Waals surface area (Å²) >= 11 is 6.40. The smallest absolute Gasteiger partial charge is 0.336 e. The number of ether oxygens (including phenoxy) is 4. The number of nitrogens with zero attached hydrogens (tertiary/aromatic N) is 1. The number of rotatable bonds is 3. The van der Waals surface area contributed by atoms with Crippen LogP contribution in [-0.2, 0) is 19.1 Å². The maximum Gasteiger partial charge on any atom is 0.336 e. The van der Waals surface area contributed by atoms with Crippen LogP contribution in [0.3, 0.4) is 0 Å². The van der Waals surface area contributed by atoms with Crippen molar-refractivity contribution in [3.8, 4) is 11.5 Å². The molecule has 0 spiro atoms. The molecule has 25 heavy (non-hydrogen) atoms. The summed E-state index contributed by atoms with van der Waals surface area (Å²) in [6.07, 6.45) is 3.17. The molecule has 0 N–H and O–H groups in total. The number of esters is 2. The van der Waals surface area contributed by atoms with Crippen LogP contribution < -0.4 is 9.47 Å². The number of carbonyl (C=O) groups excluding carboxylic acids is 2. The monoisotopic (exact) mass is 365 g/mol. The molecule has 1 aromatic rings. The molecule has 1 aromatic carbocycles. The predicted molar refractivity (Wildman–Crippen MR) is 88.3 cm³/mol. The molecule has 2 heterocycles. The number of methoxy groups -OCH3 is 2. The minimum Gasteiger partial charge on any atom is -0.466 e. The Labute approximate surface area is 149 Å². The Morgan fingerprint density at radius 2 is 1.60 bits per heavy atom. The number of carbonyl (C=O) groups is 2. The number of hydrogen-bond acceptors (Lipinski definition) is 7. The van der Waals surface area contributed by atoms with Gasteiger partial charge < -0.3 is 23.8 Å². The highest BCUT2D eigenvalue weighted by Gasteiger charge is 2.36. The van der Waals surface area contributed by atoms with E-state index in [0.717, 1.165) is 0 Å². The highest BCUT2D eigenvalue weighted by atomic mass is 35.5. The average Bonchev–Trinajstić information content (AvgIpc) is 3.06. The summed E-state index contributed by atoms with van der Waals surface area (Å²) in [6, 6.07) is 3.26. The lowest BCUT2D eigenvalue weighted by Crippen LogP contribution is -2.27. The number of halogens is 1. The van der Waals surface area contributed by atoms with Crippen LogP contribution in [0.25, 0.3) is 0 Å². The van der Waals surface area contributed by atoms with E-state index in [-0.39, 0.29) is 17.9 Å². The summed E-state index contributed by atoms with van der Waals surface area (Å²) in [5, 5.41) is 0.336. The second kappa shape index (κ2) is 6.68. The summed E-state index contributed by atoms with van der Waals surface area (Å²) in [4.78, 5) is 26.2. The zero-order valence-corrected chi connectivity index (χ0v) is 14.6. The van der Waals surface area contributed by atoms with Crippen molar-refractivity contribution in [1.82, 2.24) is 4.90 Å². The van der Waals surface area contributed by atoms with Gasteiger partial charge in [0.05, 0.1) is 31.3 Å². The summed E-state index contributed by atoms with van der Waals surface area (Å²) in [6.45, 7) is 0.0852. The minimum absolute atomic E-state index is 0.0852. The van der Waals surface area contributed by atoms with Gasteiger partial charge in [-0.15, -0.1) is 0 Å². The minimum atomic E-state index is -0.752. The highest BCUT2D eigenvalue weighted by molar-refractivity contribution is 6.32. The molecular formula is C17H16ClNO6. The molecule has 0 aliphatic carbocycles. The van der Waals surface area contributed by atoms with E-state index in [0.29, 0.717) is 22.1 Å². The van der Waals surface area contributed by atoms with Crippen LogP contribution in [0.4, 0.5) is 0 Å². The van der Waals surface area contributed by atoms with E-state index >= 15 is 0 Å². The maximum atomic E-state index is 12.3. The van der Waals surface area contributed by atoms with Crippen molar-refractivity contribution in [2.24, 2.45) is 0 Å². The fourth-order valence-corrected chi connectivity index (χ4v) is 3.12. The Kier molecular flexibility index (Phi) is 4.59. The number of fused-ring (bicyclic) bond motifs is 1. The molecule has 0 radical (unpaired) electrons. The third kappa shape index (κ3) is 3.02. The van der Waals surface area contributed by atoms with Gasteiger partial charge in [-0.25, -0.2) is 9.59 Å². The van der Waals surface area contributed by atoms with Gasteiger partial charge in [-0.05, 0) is 11.6 Å². The van der Waals surface area contributed by atoms with Gasteiger partial charge >= 0.3 is 11.9 Å². The Morgan fingerprint density at radius 1 is 1.08 bits per heavy atom. The standard InChI is InChI=1S/C17H16ClNO6/c1-19-6-10(16(20)22-2)15(11(7-19)17(21)23-3)9-4-13-14(5-12(9)18)25-8-24-13/h4-7,15H,8H2,1-3H3. The fourth-order valence-electron chi connectivity index (χ4n) is 2.86. The van der Waals surface area contributed by atoms with Crippen molar-refractivity contribution in [2.75, 3.05) is 28.1 Å². The van der Waals surface area contributed by atoms with Gasteiger partial charge in [-0.2, -0.15) is 0 Å². The topological polar surface area (TPSA) is 74.3 Å². The molecule has 3 rings (SSSR count). The average molecular weight is 366 g/mol. The van der Waals surface area contributed by atoms with E-state index in [4.69, 9.17) is 30.5 Å². The number of benzene rings is 1. The van der Waals surface area contributed by atoms with E-state index in [1.807, 2.05) is 0 Å². The first-order chi connectivity index (χ1) is 12.0. The van der Waals surface area contributed by atoms with Gasteiger partial charge in [0.1, 0.15) is 0 Å². The molecule has 0 unspecified atom stereocenters. The first-order valence-electron chi connectivity index (χ1n) is 7.37. The third-order valence-electron chi connectivity index (χ3n) is 3.95. The summed E-state index contributed by atoms with van der Waals surface area (Å²) in [5.74, 6) is -0.890. The van der Waals surface area contributed by atoms with E-state index < -0.39 is 17.9 Å². The molecule has 2 aliphatic heterocycles. The zero-order chi connectivity index (χ0) is 18.1. The van der Waals surface area contributed by atoms with Crippen molar-refractivity contribution in [1.29, 1.82) is 0 Å². The van der Waals surface area contributed by atoms with E-state index in [2.05, 4.69) is 0 Å². The normalized spacial score (nSPS) is 16.2. The molecule has 0 amide bonds. The lowest BCUT2D eigenvalue weighted by molar-refractivity contribution is -0.137. The summed E-state index contributed by atoms with van der Waals surface area (Å²) < 4.78 is 20.4. The molecule has 132 valence electrons. The van der Waals surface area contributed by atoms with Crippen molar-refractivity contribution >= 4 is 23.5 Å². The SMILES string of the molecule is COC(=O)C1=CN(C)C=C(C(=O)OC)C1c1cc2c(cc1Cl)OCO2. The Bertz CT molecular complexity index is 767. The van der Waals surface area contributed by atoms with Gasteiger partial charge in [-0.3, -0.25) is 0 Å². The van der Waals surface area contributed by atoms with Crippen LogP contribution in [0.1, 0.15) is 11.5 Å². The third-order valence-corrected chi connectivity index (χ3v) is 4.28. The molecule has 2 aliphatic rings. The lowest BCUT2D eigenvalue weighted by Gasteiger charge is -2.28. The highest BCUT2D eigenvalue weighted by Crippen LogP contribution is 2.45. The molecule has 0 saturated carbocycles. The van der Waals surface area contributed by atoms with Crippen LogP contribution in [0.15, 0.2) is 35.7 Å². The Hall–Kier alpha value is -2.67. The first kappa shape index (κ1) is 17.2. The quantitative estimate of drug-likeness (QED) is 0.760. The van der Waals surface area contributed by atoms with E-state index in [1.54, 1.807) is 36.5 Å². The van der Waals surface area contributed by atoms with Crippen molar-refractivity contribution < 1.29 is 28.5 Å². The second-order valence-electron chi connectivity index (χ2n) is 5.48. The predicted octanol–water partition coefficient (Wildman–Crippen LogP) is 2.21. The van der Waals surface area contributed by atoms with Gasteiger partial charge in [0.25, 0.3) is 0 Å². The number of hydrogen-bond donors (Lipinski definition) is 0. The Morgan fingerprint density at radius 3 is 2.12 bits per heavy atom. The molecular weight excluding hydrogens is 350 g/mol. The molecule has 8 heteroatoms. The largest absolute Gasteiger partial charge is 0.466 e. The zero-order valence-electron chi connectivity index (χ0n) is 13.9. The molecule has 0 bridgehead atoms. The van der Waals surface area contributed by atoms with Gasteiger partial charge in [-0.1, -0.05) is 11.6 Å². The van der Waals surface area contributed by atoms with Crippen LogP contribution in [-0.4, -0.2) is 44.9 Å². The van der Waals surface area contributed by atoms with Gasteiger partial charge in [0.2, 0.25) is 6.79 Å². The molecule has 0 saturated heterocycles. The lowest BCUT2D eigenvalue weighted by atomic mass is 9.83. The molecule has 0 aromatic heterocycles. The second-order valence-corrected chi connectivity index (χ2v) is 5.88. The first-order valence-corrected chi connectivity index (χ1v) is 7.75. The van der Waals surface area contributed by atoms with Crippen molar-refractivity contribution in [3.63, 3.8) is 0 Å². The van der Waals surface area contributed by atoms with Gasteiger partial charge in [0, 0.05) is 30.5 Å². The fraction of sp³-hybridized carbons (Fsp3) is 0.294. The van der Waals surface area contributed by atoms with Crippen LogP contribution in [0.5, 0.6) is 11.5 Å². The molecule has 0 atom stereocenters. The van der Waals surface area contributed by atoms with Crippen LogP contribution >= 0.6 is 11.6 Å². The van der Waals surface area contributed by atoms with E-state index in [1.165, 1.54) is 14.2 Å². The van der Waals surface area contributed by atoms with Crippen molar-refractivity contribution in [2.45, 2.75) is 5.92 Å².